The Morgan fingerprint density at radius 2 is 1.90 bits per heavy atom. The van der Waals surface area contributed by atoms with Crippen LogP contribution < -0.4 is 5.73 Å². The first-order chi connectivity index (χ1) is 10.0. The van der Waals surface area contributed by atoms with Gasteiger partial charge >= 0.3 is 0 Å². The number of benzene rings is 1. The molecule has 0 bridgehead atoms. The molecule has 2 N–H and O–H groups in total. The molecule has 0 saturated heterocycles. The van der Waals surface area contributed by atoms with Crippen molar-refractivity contribution < 1.29 is 4.52 Å². The number of halogens is 2. The van der Waals surface area contributed by atoms with Crippen LogP contribution in [0.1, 0.15) is 18.0 Å². The Morgan fingerprint density at radius 3 is 2.52 bits per heavy atom. The molecule has 3 rings (SSSR count). The maximum atomic E-state index is 5.97. The van der Waals surface area contributed by atoms with E-state index in [2.05, 4.69) is 15.1 Å². The van der Waals surface area contributed by atoms with Gasteiger partial charge in [-0.3, -0.25) is 0 Å². The molecule has 0 amide bonds. The third-order valence-corrected chi connectivity index (χ3v) is 4.16. The van der Waals surface area contributed by atoms with E-state index in [1.165, 1.54) is 11.3 Å². The SMILES string of the molecule is CC(N)c1nc(-c2nc(-c3cc(Cl)cc(Cl)c3)no2)cs1. The molecule has 0 aliphatic carbocycles. The van der Waals surface area contributed by atoms with Crippen molar-refractivity contribution in [1.82, 2.24) is 15.1 Å². The first-order valence-corrected chi connectivity index (χ1v) is 7.68. The quantitative estimate of drug-likeness (QED) is 0.773. The number of hydrogen-bond acceptors (Lipinski definition) is 6. The Labute approximate surface area is 134 Å². The number of thiazole rings is 1. The normalized spacial score (nSPS) is 12.6. The van der Waals surface area contributed by atoms with Crippen LogP contribution in [-0.2, 0) is 0 Å². The van der Waals surface area contributed by atoms with E-state index in [0.29, 0.717) is 33.0 Å². The van der Waals surface area contributed by atoms with Crippen molar-refractivity contribution in [2.75, 3.05) is 0 Å². The second-order valence-corrected chi connectivity index (χ2v) is 6.20. The largest absolute Gasteiger partial charge is 0.332 e. The summed E-state index contributed by atoms with van der Waals surface area (Å²) in [4.78, 5) is 8.68. The van der Waals surface area contributed by atoms with Crippen molar-refractivity contribution >= 4 is 34.5 Å². The molecule has 0 aliphatic rings. The first-order valence-electron chi connectivity index (χ1n) is 6.04. The molecule has 3 aromatic rings. The fourth-order valence-electron chi connectivity index (χ4n) is 1.72. The smallest absolute Gasteiger partial charge is 0.277 e. The summed E-state index contributed by atoms with van der Waals surface area (Å²) in [5.74, 6) is 0.744. The molecular weight excluding hydrogens is 331 g/mol. The average Bonchev–Trinajstić information content (AvgIpc) is 3.07. The van der Waals surface area contributed by atoms with E-state index in [9.17, 15) is 0 Å². The van der Waals surface area contributed by atoms with Gasteiger partial charge < -0.3 is 10.3 Å². The number of aromatic nitrogens is 3. The van der Waals surface area contributed by atoms with Crippen molar-refractivity contribution in [2.45, 2.75) is 13.0 Å². The van der Waals surface area contributed by atoms with Crippen molar-refractivity contribution in [3.05, 3.63) is 38.6 Å². The van der Waals surface area contributed by atoms with Crippen molar-refractivity contribution in [1.29, 1.82) is 0 Å². The van der Waals surface area contributed by atoms with Crippen LogP contribution in [0.3, 0.4) is 0 Å². The van der Waals surface area contributed by atoms with Crippen LogP contribution in [0.2, 0.25) is 10.0 Å². The van der Waals surface area contributed by atoms with Gasteiger partial charge in [-0.15, -0.1) is 11.3 Å². The topological polar surface area (TPSA) is 77.8 Å². The van der Waals surface area contributed by atoms with Crippen LogP contribution in [-0.4, -0.2) is 15.1 Å². The molecule has 5 nitrogen and oxygen atoms in total. The van der Waals surface area contributed by atoms with Crippen LogP contribution in [0.25, 0.3) is 23.0 Å². The van der Waals surface area contributed by atoms with Gasteiger partial charge in [-0.05, 0) is 25.1 Å². The molecule has 8 heteroatoms. The monoisotopic (exact) mass is 340 g/mol. The minimum atomic E-state index is -0.127. The van der Waals surface area contributed by atoms with E-state index in [1.807, 2.05) is 12.3 Å². The number of nitrogens with two attached hydrogens (primary N) is 1. The number of hydrogen-bond donors (Lipinski definition) is 1. The molecule has 2 aromatic heterocycles. The lowest BCUT2D eigenvalue weighted by molar-refractivity contribution is 0.431. The molecule has 1 atom stereocenters. The third kappa shape index (κ3) is 3.08. The van der Waals surface area contributed by atoms with Gasteiger partial charge in [0.05, 0.1) is 6.04 Å². The lowest BCUT2D eigenvalue weighted by Crippen LogP contribution is -2.03. The van der Waals surface area contributed by atoms with Crippen LogP contribution in [0.15, 0.2) is 28.1 Å². The third-order valence-electron chi connectivity index (χ3n) is 2.68. The number of rotatable bonds is 3. The van der Waals surface area contributed by atoms with Crippen LogP contribution >= 0.6 is 34.5 Å². The molecule has 0 aliphatic heterocycles. The highest BCUT2D eigenvalue weighted by atomic mass is 35.5. The van der Waals surface area contributed by atoms with Gasteiger partial charge in [-0.25, -0.2) is 4.98 Å². The maximum Gasteiger partial charge on any atom is 0.277 e. The Morgan fingerprint density at radius 1 is 1.19 bits per heavy atom. The standard InChI is InChI=1S/C13H10Cl2N4OS/c1-6(16)13-17-10(5-21-13)12-18-11(19-20-12)7-2-8(14)4-9(15)3-7/h2-6H,16H2,1H3. The highest BCUT2D eigenvalue weighted by Crippen LogP contribution is 2.28. The second-order valence-electron chi connectivity index (χ2n) is 4.44. The predicted molar refractivity (Wildman–Crippen MR) is 83.5 cm³/mol. The Kier molecular flexibility index (Phi) is 3.95. The zero-order chi connectivity index (χ0) is 15.0. The summed E-state index contributed by atoms with van der Waals surface area (Å²) in [6.45, 7) is 1.87. The fraction of sp³-hybridized carbons (Fsp3) is 0.154. The lowest BCUT2D eigenvalue weighted by atomic mass is 10.2. The maximum absolute atomic E-state index is 5.97. The molecule has 1 aromatic carbocycles. The molecule has 1 unspecified atom stereocenters. The molecular formula is C13H10Cl2N4OS. The summed E-state index contributed by atoms with van der Waals surface area (Å²) >= 11 is 13.4. The summed E-state index contributed by atoms with van der Waals surface area (Å²) < 4.78 is 5.23. The lowest BCUT2D eigenvalue weighted by Gasteiger charge is -1.97. The molecule has 0 spiro atoms. The van der Waals surface area contributed by atoms with E-state index in [0.717, 1.165) is 5.01 Å². The zero-order valence-corrected chi connectivity index (χ0v) is 13.2. The average molecular weight is 341 g/mol. The Balaban J connectivity index is 1.95. The molecule has 2 heterocycles. The van der Waals surface area contributed by atoms with Gasteiger partial charge in [0.25, 0.3) is 5.89 Å². The summed E-state index contributed by atoms with van der Waals surface area (Å²) in [5.41, 5.74) is 7.08. The summed E-state index contributed by atoms with van der Waals surface area (Å²) in [5, 5.41) is 7.60. The highest BCUT2D eigenvalue weighted by molar-refractivity contribution is 7.10. The van der Waals surface area contributed by atoms with Crippen LogP contribution in [0.4, 0.5) is 0 Å². The molecule has 0 fully saturated rings. The van der Waals surface area contributed by atoms with Gasteiger partial charge in [0.1, 0.15) is 10.7 Å². The van der Waals surface area contributed by atoms with E-state index in [-0.39, 0.29) is 6.04 Å². The predicted octanol–water partition coefficient (Wildman–Crippen LogP) is 4.19. The Hall–Kier alpha value is -1.47. The highest BCUT2D eigenvalue weighted by Gasteiger charge is 2.15. The van der Waals surface area contributed by atoms with Crippen molar-refractivity contribution in [3.8, 4) is 23.0 Å². The van der Waals surface area contributed by atoms with Gasteiger partial charge in [-0.2, -0.15) is 4.98 Å². The van der Waals surface area contributed by atoms with Crippen LogP contribution in [0, 0.1) is 0 Å². The number of nitrogens with zero attached hydrogens (tertiary/aromatic N) is 3. The Bertz CT molecular complexity index is 764. The fourth-order valence-corrected chi connectivity index (χ4v) is 3.00. The van der Waals surface area contributed by atoms with E-state index in [1.54, 1.807) is 18.2 Å². The first kappa shape index (κ1) is 14.5. The summed E-state index contributed by atoms with van der Waals surface area (Å²) in [6, 6.07) is 4.95. The van der Waals surface area contributed by atoms with Gasteiger partial charge in [-0.1, -0.05) is 28.4 Å². The van der Waals surface area contributed by atoms with Crippen molar-refractivity contribution in [3.63, 3.8) is 0 Å². The van der Waals surface area contributed by atoms with E-state index in [4.69, 9.17) is 33.5 Å². The second kappa shape index (κ2) is 5.73. The van der Waals surface area contributed by atoms with Gasteiger partial charge in [0.2, 0.25) is 5.82 Å². The molecule has 21 heavy (non-hydrogen) atoms. The van der Waals surface area contributed by atoms with E-state index < -0.39 is 0 Å². The minimum Gasteiger partial charge on any atom is -0.332 e. The molecule has 0 saturated carbocycles. The molecule has 0 radical (unpaired) electrons. The summed E-state index contributed by atoms with van der Waals surface area (Å²) in [7, 11) is 0. The van der Waals surface area contributed by atoms with Crippen molar-refractivity contribution in [2.24, 2.45) is 5.73 Å². The molecule has 108 valence electrons. The summed E-state index contributed by atoms with van der Waals surface area (Å²) in [6.07, 6.45) is 0. The minimum absolute atomic E-state index is 0.127. The van der Waals surface area contributed by atoms with Crippen LogP contribution in [0.5, 0.6) is 0 Å². The van der Waals surface area contributed by atoms with Gasteiger partial charge in [0.15, 0.2) is 0 Å². The zero-order valence-electron chi connectivity index (χ0n) is 10.9. The van der Waals surface area contributed by atoms with Gasteiger partial charge in [0, 0.05) is 21.0 Å². The van der Waals surface area contributed by atoms with E-state index >= 15 is 0 Å².